The van der Waals surface area contributed by atoms with Gasteiger partial charge >= 0.3 is 0 Å². The van der Waals surface area contributed by atoms with Crippen LogP contribution in [-0.2, 0) is 6.42 Å². The predicted octanol–water partition coefficient (Wildman–Crippen LogP) is 3.98. The number of furan rings is 1. The quantitative estimate of drug-likeness (QED) is 0.565. The maximum absolute atomic E-state index is 12.5. The number of ketones is 1. The smallest absolute Gasteiger partial charge is 0.259 e. The van der Waals surface area contributed by atoms with Gasteiger partial charge < -0.3 is 9.40 Å². The van der Waals surface area contributed by atoms with E-state index < -0.39 is 0 Å². The number of aryl methyl sites for hydroxylation is 1. The third-order valence-electron chi connectivity index (χ3n) is 4.01. The number of fused-ring (bicyclic) bond motifs is 1. The number of benzene rings is 1. The number of nitrogens with zero attached hydrogens (tertiary/aromatic N) is 1. The summed E-state index contributed by atoms with van der Waals surface area (Å²) >= 11 is 1.46. The van der Waals surface area contributed by atoms with Gasteiger partial charge in [0.1, 0.15) is 10.7 Å². The van der Waals surface area contributed by atoms with Gasteiger partial charge in [0.05, 0.1) is 18.1 Å². The lowest BCUT2D eigenvalue weighted by atomic mass is 10.1. The molecule has 4 aromatic rings. The zero-order valence-corrected chi connectivity index (χ0v) is 14.2. The third kappa shape index (κ3) is 2.81. The molecular formula is C19H14N2O3S. The number of Topliss-reactive ketones (excluding diaryl/α,β-unsaturated/α-hetero) is 1. The van der Waals surface area contributed by atoms with Crippen LogP contribution < -0.4 is 5.56 Å². The molecule has 0 amide bonds. The number of nitrogens with one attached hydrogen (secondary N) is 1. The maximum Gasteiger partial charge on any atom is 0.259 e. The van der Waals surface area contributed by atoms with Crippen molar-refractivity contribution in [3.05, 3.63) is 76.2 Å². The minimum Gasteiger partial charge on any atom is -0.461 e. The Balaban J connectivity index is 1.77. The molecular weight excluding hydrogens is 336 g/mol. The fraction of sp³-hybridized carbons (Fsp3) is 0.105. The molecule has 3 aromatic heterocycles. The zero-order chi connectivity index (χ0) is 17.4. The molecule has 0 aliphatic carbocycles. The van der Waals surface area contributed by atoms with Crippen LogP contribution in [0.15, 0.2) is 57.9 Å². The normalized spacial score (nSPS) is 11.1. The van der Waals surface area contributed by atoms with Crippen LogP contribution in [0.4, 0.5) is 0 Å². The molecule has 0 aliphatic rings. The summed E-state index contributed by atoms with van der Waals surface area (Å²) < 4.78 is 5.10. The lowest BCUT2D eigenvalue weighted by Gasteiger charge is -1.99. The Morgan fingerprint density at radius 1 is 1.20 bits per heavy atom. The molecule has 1 N–H and O–H groups in total. The average molecular weight is 350 g/mol. The Morgan fingerprint density at radius 3 is 2.72 bits per heavy atom. The molecule has 0 unspecified atom stereocenters. The molecule has 0 bridgehead atoms. The number of carbonyl (C=O) groups excluding carboxylic acids is 1. The van der Waals surface area contributed by atoms with Crippen molar-refractivity contribution in [2.75, 3.05) is 0 Å². The van der Waals surface area contributed by atoms with Crippen LogP contribution in [0.3, 0.4) is 0 Å². The number of rotatable bonds is 4. The van der Waals surface area contributed by atoms with Gasteiger partial charge in [0, 0.05) is 4.88 Å². The van der Waals surface area contributed by atoms with Crippen molar-refractivity contribution in [1.82, 2.24) is 9.97 Å². The summed E-state index contributed by atoms with van der Waals surface area (Å²) in [4.78, 5) is 33.6. The summed E-state index contributed by atoms with van der Waals surface area (Å²) in [5.41, 5.74) is 1.74. The summed E-state index contributed by atoms with van der Waals surface area (Å²) in [5.74, 6) is 0.388. The summed E-state index contributed by atoms with van der Waals surface area (Å²) in [6.07, 6.45) is 1.44. The van der Waals surface area contributed by atoms with Crippen molar-refractivity contribution in [2.45, 2.75) is 13.3 Å². The van der Waals surface area contributed by atoms with Crippen molar-refractivity contribution in [3.8, 4) is 10.4 Å². The fourth-order valence-corrected chi connectivity index (χ4v) is 4.02. The summed E-state index contributed by atoms with van der Waals surface area (Å²) in [7, 11) is 0. The number of aromatic nitrogens is 2. The number of hydrogen-bond donors (Lipinski definition) is 1. The standard InChI is InChI=1S/C19H14N2O3S/c1-11-16-18(23)20-15(10-13(22)14-8-5-9-24-14)21-19(16)25-17(11)12-6-3-2-4-7-12/h2-9H,10H2,1H3,(H,20,21,23). The van der Waals surface area contributed by atoms with Crippen LogP contribution in [0.5, 0.6) is 0 Å². The first-order valence-corrected chi connectivity index (χ1v) is 8.59. The number of hydrogen-bond acceptors (Lipinski definition) is 5. The second-order valence-electron chi connectivity index (χ2n) is 5.69. The molecule has 0 fully saturated rings. The van der Waals surface area contributed by atoms with E-state index in [0.717, 1.165) is 16.0 Å². The van der Waals surface area contributed by atoms with E-state index in [9.17, 15) is 9.59 Å². The van der Waals surface area contributed by atoms with Gasteiger partial charge in [-0.25, -0.2) is 4.98 Å². The molecule has 1 aromatic carbocycles. The zero-order valence-electron chi connectivity index (χ0n) is 13.4. The Labute approximate surface area is 147 Å². The van der Waals surface area contributed by atoms with Gasteiger partial charge in [0.25, 0.3) is 5.56 Å². The highest BCUT2D eigenvalue weighted by atomic mass is 32.1. The first-order valence-electron chi connectivity index (χ1n) is 7.78. The molecule has 124 valence electrons. The van der Waals surface area contributed by atoms with E-state index >= 15 is 0 Å². The highest BCUT2D eigenvalue weighted by molar-refractivity contribution is 7.22. The van der Waals surface area contributed by atoms with Gasteiger partial charge in [-0.2, -0.15) is 0 Å². The first kappa shape index (κ1) is 15.5. The van der Waals surface area contributed by atoms with E-state index in [1.165, 1.54) is 17.6 Å². The van der Waals surface area contributed by atoms with Gasteiger partial charge in [-0.05, 0) is 30.2 Å². The molecule has 0 saturated heterocycles. The van der Waals surface area contributed by atoms with E-state index in [1.807, 2.05) is 37.3 Å². The highest BCUT2D eigenvalue weighted by Gasteiger charge is 2.17. The third-order valence-corrected chi connectivity index (χ3v) is 5.24. The summed E-state index contributed by atoms with van der Waals surface area (Å²) in [5, 5.41) is 0.582. The van der Waals surface area contributed by atoms with E-state index in [-0.39, 0.29) is 23.5 Å². The molecule has 5 nitrogen and oxygen atoms in total. The molecule has 3 heterocycles. The van der Waals surface area contributed by atoms with Crippen molar-refractivity contribution < 1.29 is 9.21 Å². The number of carbonyl (C=O) groups is 1. The van der Waals surface area contributed by atoms with Crippen LogP contribution >= 0.6 is 11.3 Å². The number of aromatic amines is 1. The minimum absolute atomic E-state index is 0.00366. The predicted molar refractivity (Wildman–Crippen MR) is 97.2 cm³/mol. The summed E-state index contributed by atoms with van der Waals surface area (Å²) in [6, 6.07) is 13.1. The maximum atomic E-state index is 12.5. The fourth-order valence-electron chi connectivity index (χ4n) is 2.81. The van der Waals surface area contributed by atoms with Crippen LogP contribution in [0, 0.1) is 6.92 Å². The molecule has 0 aliphatic heterocycles. The molecule has 0 radical (unpaired) electrons. The van der Waals surface area contributed by atoms with Crippen LogP contribution in [-0.4, -0.2) is 15.8 Å². The van der Waals surface area contributed by atoms with Gasteiger partial charge in [-0.3, -0.25) is 9.59 Å². The lowest BCUT2D eigenvalue weighted by molar-refractivity contribution is 0.0964. The molecule has 0 spiro atoms. The Morgan fingerprint density at radius 2 is 2.00 bits per heavy atom. The van der Waals surface area contributed by atoms with E-state index in [4.69, 9.17) is 4.42 Å². The monoisotopic (exact) mass is 350 g/mol. The van der Waals surface area contributed by atoms with E-state index in [0.29, 0.717) is 16.0 Å². The van der Waals surface area contributed by atoms with Crippen LogP contribution in [0.2, 0.25) is 0 Å². The van der Waals surface area contributed by atoms with Gasteiger partial charge in [0.2, 0.25) is 5.78 Å². The molecule has 0 atom stereocenters. The highest BCUT2D eigenvalue weighted by Crippen LogP contribution is 2.35. The van der Waals surface area contributed by atoms with Crippen molar-refractivity contribution in [1.29, 1.82) is 0 Å². The largest absolute Gasteiger partial charge is 0.461 e. The Kier molecular flexibility index (Phi) is 3.82. The summed E-state index contributed by atoms with van der Waals surface area (Å²) in [6.45, 7) is 1.92. The number of H-pyrrole nitrogens is 1. The van der Waals surface area contributed by atoms with E-state index in [1.54, 1.807) is 12.1 Å². The van der Waals surface area contributed by atoms with Crippen LogP contribution in [0.25, 0.3) is 20.7 Å². The van der Waals surface area contributed by atoms with Gasteiger partial charge in [0.15, 0.2) is 5.76 Å². The van der Waals surface area contributed by atoms with Gasteiger partial charge in [-0.15, -0.1) is 11.3 Å². The first-order chi connectivity index (χ1) is 12.1. The second kappa shape index (κ2) is 6.14. The van der Waals surface area contributed by atoms with E-state index in [2.05, 4.69) is 9.97 Å². The molecule has 0 saturated carbocycles. The second-order valence-corrected chi connectivity index (χ2v) is 6.69. The minimum atomic E-state index is -0.219. The Bertz CT molecular complexity index is 1110. The average Bonchev–Trinajstić information content (AvgIpc) is 3.24. The van der Waals surface area contributed by atoms with Crippen LogP contribution in [0.1, 0.15) is 21.9 Å². The number of thiophene rings is 1. The topological polar surface area (TPSA) is 76.0 Å². The SMILES string of the molecule is Cc1c(-c2ccccc2)sc2nc(CC(=O)c3ccco3)[nH]c(=O)c12. The molecule has 25 heavy (non-hydrogen) atoms. The van der Waals surface area contributed by atoms with Crippen molar-refractivity contribution in [3.63, 3.8) is 0 Å². The van der Waals surface area contributed by atoms with Crippen molar-refractivity contribution >= 4 is 27.3 Å². The Hall–Kier alpha value is -2.99. The lowest BCUT2D eigenvalue weighted by Crippen LogP contribution is -2.14. The van der Waals surface area contributed by atoms with Crippen molar-refractivity contribution in [2.24, 2.45) is 0 Å². The van der Waals surface area contributed by atoms with Gasteiger partial charge in [-0.1, -0.05) is 30.3 Å². The molecule has 4 rings (SSSR count). The molecule has 6 heteroatoms.